The Hall–Kier alpha value is -2.09. The molecule has 112 valence electrons. The average molecular weight is 320 g/mol. The Balaban J connectivity index is 2.33. The molecule has 0 aliphatic carbocycles. The lowest BCUT2D eigenvalue weighted by atomic mass is 10.1. The Kier molecular flexibility index (Phi) is 3.91. The van der Waals surface area contributed by atoms with Crippen LogP contribution in [0, 0.1) is 5.82 Å². The second-order valence-electron chi connectivity index (χ2n) is 4.02. The minimum atomic E-state index is -5.72. The third-order valence-electron chi connectivity index (χ3n) is 2.50. The molecule has 0 atom stereocenters. The number of hydrogen-bond donors (Lipinski definition) is 0. The van der Waals surface area contributed by atoms with E-state index >= 15 is 0 Å². The van der Waals surface area contributed by atoms with Crippen molar-refractivity contribution in [2.75, 3.05) is 0 Å². The molecule has 2 aromatic rings. The van der Waals surface area contributed by atoms with Crippen LogP contribution >= 0.6 is 0 Å². The Labute approximate surface area is 117 Å². The van der Waals surface area contributed by atoms with Crippen molar-refractivity contribution < 1.29 is 30.2 Å². The topological polar surface area (TPSA) is 43.4 Å². The van der Waals surface area contributed by atoms with Crippen LogP contribution in [0.15, 0.2) is 48.5 Å². The first-order valence-electron chi connectivity index (χ1n) is 5.56. The number of alkyl halides is 3. The van der Waals surface area contributed by atoms with Crippen molar-refractivity contribution in [1.29, 1.82) is 0 Å². The number of rotatable bonds is 3. The summed E-state index contributed by atoms with van der Waals surface area (Å²) in [7, 11) is -5.72. The number of hydrogen-bond acceptors (Lipinski definition) is 3. The van der Waals surface area contributed by atoms with Gasteiger partial charge in [-0.2, -0.15) is 21.6 Å². The number of benzene rings is 2. The van der Waals surface area contributed by atoms with Crippen LogP contribution in [0.5, 0.6) is 5.75 Å². The third-order valence-corrected chi connectivity index (χ3v) is 3.48. The number of halogens is 4. The van der Waals surface area contributed by atoms with Gasteiger partial charge in [-0.3, -0.25) is 0 Å². The maximum Gasteiger partial charge on any atom is 0.534 e. The van der Waals surface area contributed by atoms with E-state index in [4.69, 9.17) is 0 Å². The molecular weight excluding hydrogens is 312 g/mol. The first-order valence-corrected chi connectivity index (χ1v) is 6.97. The van der Waals surface area contributed by atoms with Gasteiger partial charge in [0.15, 0.2) is 0 Å². The highest BCUT2D eigenvalue weighted by molar-refractivity contribution is 7.88. The molecule has 0 heterocycles. The maximum atomic E-state index is 12.8. The summed E-state index contributed by atoms with van der Waals surface area (Å²) in [6, 6.07) is 10.2. The minimum absolute atomic E-state index is 0.393. The lowest BCUT2D eigenvalue weighted by molar-refractivity contribution is -0.0500. The minimum Gasteiger partial charge on any atom is -0.376 e. The second-order valence-corrected chi connectivity index (χ2v) is 5.56. The Morgan fingerprint density at radius 2 is 1.52 bits per heavy atom. The molecule has 2 aromatic carbocycles. The highest BCUT2D eigenvalue weighted by Crippen LogP contribution is 2.29. The molecule has 0 saturated heterocycles. The van der Waals surface area contributed by atoms with Crippen molar-refractivity contribution in [2.24, 2.45) is 0 Å². The van der Waals surface area contributed by atoms with Crippen LogP contribution in [0.3, 0.4) is 0 Å². The molecule has 0 fully saturated rings. The van der Waals surface area contributed by atoms with Crippen LogP contribution in [-0.4, -0.2) is 13.9 Å². The fourth-order valence-corrected chi connectivity index (χ4v) is 2.00. The van der Waals surface area contributed by atoms with Gasteiger partial charge in [0.05, 0.1) is 0 Å². The van der Waals surface area contributed by atoms with Crippen LogP contribution in [-0.2, 0) is 10.1 Å². The van der Waals surface area contributed by atoms with E-state index in [0.717, 1.165) is 12.1 Å². The first kappa shape index (κ1) is 15.3. The van der Waals surface area contributed by atoms with Crippen molar-refractivity contribution in [3.63, 3.8) is 0 Å². The Morgan fingerprint density at radius 1 is 0.905 bits per heavy atom. The van der Waals surface area contributed by atoms with E-state index in [1.165, 1.54) is 36.4 Å². The van der Waals surface area contributed by atoms with E-state index in [1.54, 1.807) is 0 Å². The lowest BCUT2D eigenvalue weighted by Crippen LogP contribution is -2.28. The smallest absolute Gasteiger partial charge is 0.376 e. The molecule has 0 saturated carbocycles. The fourth-order valence-electron chi connectivity index (χ4n) is 1.54. The van der Waals surface area contributed by atoms with Gasteiger partial charge in [-0.05, 0) is 35.4 Å². The van der Waals surface area contributed by atoms with Crippen LogP contribution in [0.1, 0.15) is 0 Å². The molecule has 0 bridgehead atoms. The molecule has 0 N–H and O–H groups in total. The van der Waals surface area contributed by atoms with Crippen LogP contribution in [0.2, 0.25) is 0 Å². The van der Waals surface area contributed by atoms with E-state index in [0.29, 0.717) is 11.1 Å². The fraction of sp³-hybridized carbons (Fsp3) is 0.0769. The van der Waals surface area contributed by atoms with Gasteiger partial charge in [-0.1, -0.05) is 24.3 Å². The van der Waals surface area contributed by atoms with E-state index in [9.17, 15) is 26.0 Å². The van der Waals surface area contributed by atoms with E-state index < -0.39 is 27.2 Å². The highest BCUT2D eigenvalue weighted by Gasteiger charge is 2.48. The monoisotopic (exact) mass is 320 g/mol. The summed E-state index contributed by atoms with van der Waals surface area (Å²) < 4.78 is 75.4. The molecule has 21 heavy (non-hydrogen) atoms. The molecule has 0 unspecified atom stereocenters. The van der Waals surface area contributed by atoms with Crippen LogP contribution < -0.4 is 4.18 Å². The van der Waals surface area contributed by atoms with Gasteiger partial charge >= 0.3 is 15.6 Å². The Bertz CT molecular complexity index is 737. The van der Waals surface area contributed by atoms with Gasteiger partial charge in [0, 0.05) is 0 Å². The molecule has 0 aromatic heterocycles. The zero-order valence-electron chi connectivity index (χ0n) is 10.3. The molecule has 0 aliphatic rings. The molecular formula is C13H8F4O3S. The predicted octanol–water partition coefficient (Wildman–Crippen LogP) is 3.72. The maximum absolute atomic E-state index is 12.8. The Morgan fingerprint density at radius 3 is 2.10 bits per heavy atom. The molecule has 0 spiro atoms. The summed E-state index contributed by atoms with van der Waals surface area (Å²) in [5, 5.41) is 0. The third kappa shape index (κ3) is 3.52. The predicted molar refractivity (Wildman–Crippen MR) is 67.4 cm³/mol. The van der Waals surface area contributed by atoms with Gasteiger partial charge in [0.2, 0.25) is 0 Å². The van der Waals surface area contributed by atoms with Gasteiger partial charge in [0.1, 0.15) is 11.6 Å². The normalized spacial score (nSPS) is 12.2. The molecule has 0 aliphatic heterocycles. The summed E-state index contributed by atoms with van der Waals surface area (Å²) in [5.41, 5.74) is -4.60. The van der Waals surface area contributed by atoms with Gasteiger partial charge in [-0.15, -0.1) is 0 Å². The van der Waals surface area contributed by atoms with E-state index in [-0.39, 0.29) is 0 Å². The van der Waals surface area contributed by atoms with Crippen molar-refractivity contribution in [2.45, 2.75) is 5.51 Å². The van der Waals surface area contributed by atoms with Crippen molar-refractivity contribution in [3.05, 3.63) is 54.3 Å². The van der Waals surface area contributed by atoms with Crippen LogP contribution in [0.25, 0.3) is 11.1 Å². The van der Waals surface area contributed by atoms with Crippen molar-refractivity contribution in [1.82, 2.24) is 0 Å². The molecule has 8 heteroatoms. The SMILES string of the molecule is O=S(=O)(Oc1cccc(-c2ccc(F)cc2)c1)C(F)(F)F. The van der Waals surface area contributed by atoms with Crippen molar-refractivity contribution in [3.8, 4) is 16.9 Å². The quantitative estimate of drug-likeness (QED) is 0.492. The zero-order valence-corrected chi connectivity index (χ0v) is 11.1. The zero-order chi connectivity index (χ0) is 15.7. The summed E-state index contributed by atoms with van der Waals surface area (Å²) >= 11 is 0. The molecule has 0 radical (unpaired) electrons. The van der Waals surface area contributed by atoms with Gasteiger partial charge in [0.25, 0.3) is 0 Å². The van der Waals surface area contributed by atoms with Gasteiger partial charge in [-0.25, -0.2) is 4.39 Å². The lowest BCUT2D eigenvalue weighted by Gasteiger charge is -2.10. The molecule has 3 nitrogen and oxygen atoms in total. The summed E-state index contributed by atoms with van der Waals surface area (Å²) in [5.74, 6) is -0.944. The highest BCUT2D eigenvalue weighted by atomic mass is 32.2. The molecule has 0 amide bonds. The summed E-state index contributed by atoms with van der Waals surface area (Å²) in [6.07, 6.45) is 0. The first-order chi connectivity index (χ1) is 9.69. The van der Waals surface area contributed by atoms with E-state index in [2.05, 4.69) is 4.18 Å². The average Bonchev–Trinajstić information content (AvgIpc) is 2.38. The largest absolute Gasteiger partial charge is 0.534 e. The van der Waals surface area contributed by atoms with E-state index in [1.807, 2.05) is 0 Å². The van der Waals surface area contributed by atoms with Crippen LogP contribution in [0.4, 0.5) is 17.6 Å². The second kappa shape index (κ2) is 5.36. The summed E-state index contributed by atoms with van der Waals surface area (Å²) in [4.78, 5) is 0. The summed E-state index contributed by atoms with van der Waals surface area (Å²) in [6.45, 7) is 0. The van der Waals surface area contributed by atoms with Gasteiger partial charge < -0.3 is 4.18 Å². The van der Waals surface area contributed by atoms with Crippen molar-refractivity contribution >= 4 is 10.1 Å². The molecule has 2 rings (SSSR count). The standard InChI is InChI=1S/C13H8F4O3S/c14-11-6-4-9(5-7-11)10-2-1-3-12(8-10)20-21(18,19)13(15,16)17/h1-8H.